The Balaban J connectivity index is 1.67. The largest absolute Gasteiger partial charge is 0.484 e. The number of hydrogen-bond donors (Lipinski definition) is 0. The molecule has 0 aliphatic rings. The molecule has 0 atom stereocenters. The Labute approximate surface area is 160 Å². The smallest absolute Gasteiger partial charge is 0.400 e. The molecule has 2 aromatic carbocycles. The molecular weight excluding hydrogens is 408 g/mol. The second-order valence-corrected chi connectivity index (χ2v) is 6.17. The van der Waals surface area contributed by atoms with E-state index in [1.165, 1.54) is 30.3 Å². The molecule has 0 aliphatic heterocycles. The first-order valence-electron chi connectivity index (χ1n) is 7.36. The van der Waals surface area contributed by atoms with Gasteiger partial charge in [-0.25, -0.2) is 4.39 Å². The highest BCUT2D eigenvalue weighted by Gasteiger charge is 2.35. The Morgan fingerprint density at radius 3 is 2.48 bits per heavy atom. The van der Waals surface area contributed by atoms with Gasteiger partial charge in [-0.15, -0.1) is 0 Å². The van der Waals surface area contributed by atoms with E-state index in [-0.39, 0.29) is 29.0 Å². The maximum absolute atomic E-state index is 13.0. The fourth-order valence-electron chi connectivity index (χ4n) is 2.08. The first-order chi connectivity index (χ1) is 12.7. The van der Waals surface area contributed by atoms with Gasteiger partial charge in [0.1, 0.15) is 11.6 Å². The van der Waals surface area contributed by atoms with Crippen LogP contribution in [0.25, 0.3) is 11.4 Å². The van der Waals surface area contributed by atoms with Crippen LogP contribution in [0.3, 0.4) is 0 Å². The molecule has 0 bridgehead atoms. The monoisotopic (exact) mass is 416 g/mol. The van der Waals surface area contributed by atoms with E-state index < -0.39 is 17.1 Å². The lowest BCUT2D eigenvalue weighted by Crippen LogP contribution is -2.11. The predicted molar refractivity (Wildman–Crippen MR) is 90.7 cm³/mol. The highest BCUT2D eigenvalue weighted by Crippen LogP contribution is 2.32. The number of ketones is 1. The van der Waals surface area contributed by atoms with Crippen LogP contribution in [-0.4, -0.2) is 22.5 Å². The number of alkyl halides is 3. The first-order valence-corrected chi connectivity index (χ1v) is 8.12. The molecule has 0 fully saturated rings. The van der Waals surface area contributed by atoms with Gasteiger partial charge in [0.05, 0.1) is 5.02 Å². The Morgan fingerprint density at radius 2 is 1.89 bits per heavy atom. The zero-order valence-electron chi connectivity index (χ0n) is 13.3. The molecule has 0 spiro atoms. The van der Waals surface area contributed by atoms with Gasteiger partial charge in [-0.05, 0) is 29.8 Å². The molecule has 27 heavy (non-hydrogen) atoms. The predicted octanol–water partition coefficient (Wildman–Crippen LogP) is 5.08. The lowest BCUT2D eigenvalue weighted by atomic mass is 10.1. The summed E-state index contributed by atoms with van der Waals surface area (Å²) >= 11 is 10.6. The molecular formula is C17H9Cl2F3N2O3. The van der Waals surface area contributed by atoms with E-state index in [2.05, 4.69) is 14.7 Å². The molecule has 0 unspecified atom stereocenters. The summed E-state index contributed by atoms with van der Waals surface area (Å²) in [5, 5.41) is -0.305. The number of rotatable bonds is 6. The van der Waals surface area contributed by atoms with Crippen molar-refractivity contribution in [3.8, 4) is 17.1 Å². The van der Waals surface area contributed by atoms with Crippen LogP contribution in [0.5, 0.6) is 5.75 Å². The van der Waals surface area contributed by atoms with Gasteiger partial charge in [0.25, 0.3) is 0 Å². The summed E-state index contributed by atoms with van der Waals surface area (Å²) in [4.78, 5) is 15.7. The Hall–Kier alpha value is -2.58. The van der Waals surface area contributed by atoms with Crippen molar-refractivity contribution in [1.82, 2.24) is 10.1 Å². The zero-order chi connectivity index (χ0) is 19.6. The number of halogens is 5. The molecule has 3 aromatic rings. The molecule has 0 saturated carbocycles. The molecule has 5 nitrogen and oxygen atoms in total. The highest BCUT2D eigenvalue weighted by molar-refractivity contribution is 6.32. The summed E-state index contributed by atoms with van der Waals surface area (Å²) in [6, 6.07) is 9.35. The van der Waals surface area contributed by atoms with Crippen molar-refractivity contribution >= 4 is 29.0 Å². The topological polar surface area (TPSA) is 65.2 Å². The highest BCUT2D eigenvalue weighted by atomic mass is 35.5. The molecule has 0 saturated heterocycles. The summed E-state index contributed by atoms with van der Waals surface area (Å²) in [7, 11) is 0. The maximum Gasteiger partial charge on any atom is 0.400 e. The molecule has 0 amide bonds. The van der Waals surface area contributed by atoms with E-state index in [1.807, 2.05) is 0 Å². The molecule has 3 rings (SSSR count). The van der Waals surface area contributed by atoms with Crippen molar-refractivity contribution in [3.05, 3.63) is 64.8 Å². The Morgan fingerprint density at radius 1 is 1.19 bits per heavy atom. The van der Waals surface area contributed by atoms with Crippen LogP contribution in [0.15, 0.2) is 47.0 Å². The Bertz CT molecular complexity index is 972. The van der Waals surface area contributed by atoms with Crippen LogP contribution in [0.1, 0.15) is 16.2 Å². The summed E-state index contributed by atoms with van der Waals surface area (Å²) < 4.78 is 48.5. The third-order valence-corrected chi connectivity index (χ3v) is 3.84. The summed E-state index contributed by atoms with van der Waals surface area (Å²) in [6.07, 6.45) is 0. The van der Waals surface area contributed by atoms with Crippen molar-refractivity contribution in [1.29, 1.82) is 0 Å². The summed E-state index contributed by atoms with van der Waals surface area (Å²) in [5.74, 6) is -1.85. The quantitative estimate of drug-likeness (QED) is 0.414. The van der Waals surface area contributed by atoms with E-state index in [0.29, 0.717) is 11.1 Å². The van der Waals surface area contributed by atoms with Gasteiger partial charge in [0, 0.05) is 11.1 Å². The number of nitrogens with zero attached hydrogens (tertiary/aromatic N) is 2. The number of hydrogen-bond acceptors (Lipinski definition) is 5. The minimum absolute atomic E-state index is 0.0437. The average Bonchev–Trinajstić information content (AvgIpc) is 3.11. The van der Waals surface area contributed by atoms with Crippen molar-refractivity contribution in [2.75, 3.05) is 6.61 Å². The number of carbonyl (C=O) groups is 1. The lowest BCUT2D eigenvalue weighted by Gasteiger charge is -2.07. The van der Waals surface area contributed by atoms with Crippen molar-refractivity contribution in [3.63, 3.8) is 0 Å². The van der Waals surface area contributed by atoms with Crippen LogP contribution in [0, 0.1) is 5.82 Å². The van der Waals surface area contributed by atoms with Crippen molar-refractivity contribution in [2.24, 2.45) is 0 Å². The van der Waals surface area contributed by atoms with Gasteiger partial charge in [-0.3, -0.25) is 4.79 Å². The van der Waals surface area contributed by atoms with E-state index in [4.69, 9.17) is 27.9 Å². The number of Topliss-reactive ketones (excluding diaryl/α,β-unsaturated/α-hetero) is 1. The van der Waals surface area contributed by atoms with Gasteiger partial charge < -0.3 is 9.26 Å². The number of carbonyl (C=O) groups excluding carboxylic acids is 1. The molecule has 0 aliphatic carbocycles. The van der Waals surface area contributed by atoms with Gasteiger partial charge in [-0.2, -0.15) is 13.8 Å². The van der Waals surface area contributed by atoms with Gasteiger partial charge in [-0.1, -0.05) is 41.0 Å². The van der Waals surface area contributed by atoms with Crippen molar-refractivity contribution < 1.29 is 27.2 Å². The minimum atomic E-state index is -3.76. The van der Waals surface area contributed by atoms with Crippen LogP contribution >= 0.6 is 23.2 Å². The number of benzene rings is 2. The van der Waals surface area contributed by atoms with Crippen molar-refractivity contribution in [2.45, 2.75) is 5.38 Å². The summed E-state index contributed by atoms with van der Waals surface area (Å²) in [5.41, 5.74) is 0.647. The van der Waals surface area contributed by atoms with E-state index in [0.717, 1.165) is 12.1 Å². The third-order valence-electron chi connectivity index (χ3n) is 3.39. The third kappa shape index (κ3) is 4.58. The second kappa shape index (κ2) is 7.58. The number of aromatic nitrogens is 2. The maximum atomic E-state index is 13.0. The summed E-state index contributed by atoms with van der Waals surface area (Å²) in [6.45, 7) is -0.324. The van der Waals surface area contributed by atoms with Gasteiger partial charge in [0.2, 0.25) is 5.82 Å². The SMILES string of the molecule is O=C(COc1ccc(F)cc1Cl)c1ccc(-c2noc(C(F)(F)Cl)n2)cc1. The Kier molecular flexibility index (Phi) is 5.38. The van der Waals surface area contributed by atoms with Crippen LogP contribution in [-0.2, 0) is 5.38 Å². The van der Waals surface area contributed by atoms with E-state index >= 15 is 0 Å². The van der Waals surface area contributed by atoms with Gasteiger partial charge in [0.15, 0.2) is 12.4 Å². The van der Waals surface area contributed by atoms with Crippen LogP contribution in [0.2, 0.25) is 5.02 Å². The molecule has 0 radical (unpaired) electrons. The van der Waals surface area contributed by atoms with E-state index in [1.54, 1.807) is 0 Å². The second-order valence-electron chi connectivity index (χ2n) is 5.28. The normalized spacial score (nSPS) is 11.4. The average molecular weight is 417 g/mol. The van der Waals surface area contributed by atoms with Crippen LogP contribution < -0.4 is 4.74 Å². The zero-order valence-corrected chi connectivity index (χ0v) is 14.8. The first kappa shape index (κ1) is 19.2. The number of ether oxygens (including phenoxy) is 1. The molecule has 140 valence electrons. The standard InChI is InChI=1S/C17H9Cl2F3N2O3/c18-12-7-11(20)5-6-14(12)26-8-13(25)9-1-3-10(4-2-9)15-23-16(27-24-15)17(19,21)22/h1-7H,8H2. The fourth-order valence-corrected chi connectivity index (χ4v) is 2.38. The molecule has 0 N–H and O–H groups in total. The van der Waals surface area contributed by atoms with E-state index in [9.17, 15) is 18.0 Å². The lowest BCUT2D eigenvalue weighted by molar-refractivity contribution is 0.0551. The molecule has 10 heteroatoms. The van der Waals surface area contributed by atoms with Crippen LogP contribution in [0.4, 0.5) is 13.2 Å². The molecule has 1 aromatic heterocycles. The minimum Gasteiger partial charge on any atom is -0.484 e. The van der Waals surface area contributed by atoms with Gasteiger partial charge >= 0.3 is 11.3 Å². The molecule has 1 heterocycles. The fraction of sp³-hybridized carbons (Fsp3) is 0.118.